The van der Waals surface area contributed by atoms with Crippen LogP contribution in [-0.4, -0.2) is 18.5 Å². The predicted octanol–water partition coefficient (Wildman–Crippen LogP) is -2.72. The van der Waals surface area contributed by atoms with Gasteiger partial charge in [-0.3, -0.25) is 8.89 Å². The summed E-state index contributed by atoms with van der Waals surface area (Å²) in [5.74, 6) is 0. The van der Waals surface area contributed by atoms with Crippen molar-refractivity contribution in [3.63, 3.8) is 0 Å². The van der Waals surface area contributed by atoms with Gasteiger partial charge in [0, 0.05) is 7.05 Å². The molecule has 1 aromatic rings. The molecular formula is C6H9N2NaO2S. The summed E-state index contributed by atoms with van der Waals surface area (Å²) in [4.78, 5) is 0.313. The molecule has 0 bridgehead atoms. The summed E-state index contributed by atoms with van der Waals surface area (Å²) in [6.45, 7) is 3.41. The number of aromatic nitrogens is 2. The maximum absolute atomic E-state index is 10.6. The summed E-state index contributed by atoms with van der Waals surface area (Å²) in [5.41, 5.74) is 1.23. The molecule has 1 rings (SSSR count). The molecule has 0 radical (unpaired) electrons. The van der Waals surface area contributed by atoms with Crippen LogP contribution in [0.1, 0.15) is 11.4 Å². The van der Waals surface area contributed by atoms with E-state index in [1.165, 1.54) is 0 Å². The van der Waals surface area contributed by atoms with Gasteiger partial charge in [-0.25, -0.2) is 0 Å². The van der Waals surface area contributed by atoms with Crippen LogP contribution in [0.15, 0.2) is 4.90 Å². The molecule has 0 amide bonds. The Morgan fingerprint density at radius 1 is 1.50 bits per heavy atom. The summed E-state index contributed by atoms with van der Waals surface area (Å²) in [6, 6.07) is 0. The monoisotopic (exact) mass is 196 g/mol. The fraction of sp³-hybridized carbons (Fsp3) is 0.500. The zero-order valence-electron chi connectivity index (χ0n) is 7.62. The molecule has 0 N–H and O–H groups in total. The van der Waals surface area contributed by atoms with Gasteiger partial charge in [0.05, 0.1) is 16.3 Å². The Bertz CT molecular complexity index is 311. The van der Waals surface area contributed by atoms with Gasteiger partial charge >= 0.3 is 29.6 Å². The third-order valence-electron chi connectivity index (χ3n) is 1.61. The Morgan fingerprint density at radius 2 is 2.00 bits per heavy atom. The van der Waals surface area contributed by atoms with E-state index in [4.69, 9.17) is 0 Å². The number of aryl methyl sites for hydroxylation is 2. The Labute approximate surface area is 95.9 Å². The van der Waals surface area contributed by atoms with Crippen molar-refractivity contribution in [2.45, 2.75) is 18.7 Å². The van der Waals surface area contributed by atoms with E-state index in [0.29, 0.717) is 16.3 Å². The average Bonchev–Trinajstić information content (AvgIpc) is 2.07. The Morgan fingerprint density at radius 3 is 2.17 bits per heavy atom. The van der Waals surface area contributed by atoms with Crippen LogP contribution in [0.4, 0.5) is 0 Å². The second-order valence-corrected chi connectivity index (χ2v) is 3.24. The fourth-order valence-corrected chi connectivity index (χ4v) is 1.65. The van der Waals surface area contributed by atoms with Crippen molar-refractivity contribution in [3.8, 4) is 0 Å². The van der Waals surface area contributed by atoms with E-state index in [1.807, 2.05) is 0 Å². The SMILES string of the molecule is Cc1nn(C)c(C)c1S(=O)[O-].[Na+]. The van der Waals surface area contributed by atoms with Gasteiger partial charge in [-0.2, -0.15) is 5.10 Å². The fourth-order valence-electron chi connectivity index (χ4n) is 0.995. The van der Waals surface area contributed by atoms with Crippen molar-refractivity contribution < 1.29 is 38.3 Å². The van der Waals surface area contributed by atoms with E-state index in [-0.39, 0.29) is 29.6 Å². The molecular weight excluding hydrogens is 187 g/mol. The van der Waals surface area contributed by atoms with Crippen LogP contribution in [0, 0.1) is 13.8 Å². The average molecular weight is 196 g/mol. The molecule has 0 aliphatic heterocycles. The molecule has 0 aliphatic carbocycles. The minimum absolute atomic E-state index is 0. The first-order valence-electron chi connectivity index (χ1n) is 3.13. The molecule has 0 aliphatic rings. The molecule has 1 heterocycles. The Balaban J connectivity index is 0.00000121. The summed E-state index contributed by atoms with van der Waals surface area (Å²) in [7, 11) is 1.72. The quantitative estimate of drug-likeness (QED) is 0.362. The van der Waals surface area contributed by atoms with Crippen molar-refractivity contribution in [2.75, 3.05) is 0 Å². The topological polar surface area (TPSA) is 58.0 Å². The van der Waals surface area contributed by atoms with Crippen LogP contribution in [0.5, 0.6) is 0 Å². The van der Waals surface area contributed by atoms with Gasteiger partial charge in [-0.05, 0) is 24.9 Å². The third-order valence-corrected chi connectivity index (χ3v) is 2.53. The smallest absolute Gasteiger partial charge is 0.768 e. The zero-order valence-corrected chi connectivity index (χ0v) is 10.4. The normalized spacial score (nSPS) is 12.3. The number of hydrogen-bond donors (Lipinski definition) is 0. The molecule has 0 spiro atoms. The minimum atomic E-state index is -2.16. The largest absolute Gasteiger partial charge is 1.00 e. The molecule has 0 saturated heterocycles. The molecule has 6 heteroatoms. The van der Waals surface area contributed by atoms with E-state index in [9.17, 15) is 8.76 Å². The Hall–Kier alpha value is 0.320. The number of rotatable bonds is 1. The molecule has 0 aromatic carbocycles. The first-order chi connectivity index (χ1) is 5.04. The Kier molecular flexibility index (Phi) is 4.65. The van der Waals surface area contributed by atoms with Gasteiger partial charge in [0.15, 0.2) is 0 Å². The maximum Gasteiger partial charge on any atom is 1.00 e. The molecule has 4 nitrogen and oxygen atoms in total. The summed E-state index contributed by atoms with van der Waals surface area (Å²) in [5, 5.41) is 3.96. The van der Waals surface area contributed by atoms with Gasteiger partial charge in [0.1, 0.15) is 0 Å². The van der Waals surface area contributed by atoms with Crippen LogP contribution >= 0.6 is 0 Å². The van der Waals surface area contributed by atoms with Crippen LogP contribution < -0.4 is 29.6 Å². The van der Waals surface area contributed by atoms with E-state index >= 15 is 0 Å². The van der Waals surface area contributed by atoms with Gasteiger partial charge in [0.25, 0.3) is 0 Å². The zero-order chi connectivity index (χ0) is 8.59. The second-order valence-electron chi connectivity index (χ2n) is 2.36. The molecule has 62 valence electrons. The van der Waals surface area contributed by atoms with Crippen molar-refractivity contribution in [1.82, 2.24) is 9.78 Å². The van der Waals surface area contributed by atoms with E-state index in [1.54, 1.807) is 25.6 Å². The first-order valence-corrected chi connectivity index (χ1v) is 4.21. The summed E-state index contributed by atoms with van der Waals surface area (Å²) < 4.78 is 22.8. The minimum Gasteiger partial charge on any atom is -0.768 e. The van der Waals surface area contributed by atoms with Crippen LogP contribution in [0.25, 0.3) is 0 Å². The van der Waals surface area contributed by atoms with Crippen molar-refractivity contribution in [2.24, 2.45) is 7.05 Å². The predicted molar refractivity (Wildman–Crippen MR) is 39.9 cm³/mol. The van der Waals surface area contributed by atoms with Gasteiger partial charge < -0.3 is 4.55 Å². The van der Waals surface area contributed by atoms with E-state index < -0.39 is 11.1 Å². The van der Waals surface area contributed by atoms with Crippen LogP contribution in [-0.2, 0) is 18.1 Å². The third kappa shape index (κ3) is 2.17. The molecule has 1 aromatic heterocycles. The first kappa shape index (κ1) is 12.3. The molecule has 1 atom stereocenters. The van der Waals surface area contributed by atoms with Crippen molar-refractivity contribution in [1.29, 1.82) is 0 Å². The molecule has 12 heavy (non-hydrogen) atoms. The standard InChI is InChI=1S/C6H10N2O2S.Na/c1-4-6(11(9)10)5(2)8(3)7-4;/h1-3H3,(H,9,10);/q;+1/p-1. The van der Waals surface area contributed by atoms with Crippen LogP contribution in [0.2, 0.25) is 0 Å². The van der Waals surface area contributed by atoms with Gasteiger partial charge in [-0.15, -0.1) is 0 Å². The number of hydrogen-bond acceptors (Lipinski definition) is 3. The van der Waals surface area contributed by atoms with Gasteiger partial charge in [0.2, 0.25) is 0 Å². The van der Waals surface area contributed by atoms with Gasteiger partial charge in [-0.1, -0.05) is 0 Å². The summed E-state index contributed by atoms with van der Waals surface area (Å²) >= 11 is -2.16. The van der Waals surface area contributed by atoms with E-state index in [0.717, 1.165) is 0 Å². The van der Waals surface area contributed by atoms with Crippen molar-refractivity contribution >= 4 is 11.1 Å². The second kappa shape index (κ2) is 4.53. The number of nitrogens with zero attached hydrogens (tertiary/aromatic N) is 2. The summed E-state index contributed by atoms with van der Waals surface area (Å²) in [6.07, 6.45) is 0. The molecule has 0 saturated carbocycles. The van der Waals surface area contributed by atoms with Crippen LogP contribution in [0.3, 0.4) is 0 Å². The molecule has 1 unspecified atom stereocenters. The molecule has 0 fully saturated rings. The van der Waals surface area contributed by atoms with Crippen molar-refractivity contribution in [3.05, 3.63) is 11.4 Å². The van der Waals surface area contributed by atoms with E-state index in [2.05, 4.69) is 5.10 Å². The maximum atomic E-state index is 10.6.